The summed E-state index contributed by atoms with van der Waals surface area (Å²) in [6.07, 6.45) is 0.111. The Kier molecular flexibility index (Phi) is 7.15. The largest absolute Gasteiger partial charge is 0.481 e. The molecule has 7 N–H and O–H groups in total. The molecule has 12 nitrogen and oxygen atoms in total. The van der Waals surface area contributed by atoms with Crippen LogP contribution in [0.15, 0.2) is 12.7 Å². The monoisotopic (exact) mass is 423 g/mol. The number of carboxylic acid groups (broad SMARTS) is 1. The van der Waals surface area contributed by atoms with Crippen molar-refractivity contribution in [2.24, 2.45) is 11.7 Å². The Hall–Kier alpha value is -2.38. The second-order valence-electron chi connectivity index (χ2n) is 7.60. The van der Waals surface area contributed by atoms with Crippen LogP contribution in [0.4, 0.5) is 5.82 Å². The lowest BCUT2D eigenvalue weighted by molar-refractivity contribution is -0.141. The number of aromatic nitrogens is 4. The van der Waals surface area contributed by atoms with Gasteiger partial charge in [-0.25, -0.2) is 15.0 Å². The van der Waals surface area contributed by atoms with E-state index in [0.29, 0.717) is 50.2 Å². The number of ether oxygens (including phenoxy) is 1. The fourth-order valence-corrected chi connectivity index (χ4v) is 3.64. The Bertz CT molecular complexity index is 863. The van der Waals surface area contributed by atoms with E-state index in [1.807, 2.05) is 4.90 Å². The third kappa shape index (κ3) is 4.68. The number of carboxylic acids is 1. The molecule has 2 aromatic heterocycles. The first-order chi connectivity index (χ1) is 14.3. The van der Waals surface area contributed by atoms with Crippen molar-refractivity contribution in [3.05, 3.63) is 12.7 Å². The van der Waals surface area contributed by atoms with Gasteiger partial charge in [-0.3, -0.25) is 14.3 Å². The molecule has 0 amide bonds. The van der Waals surface area contributed by atoms with Gasteiger partial charge in [-0.2, -0.15) is 0 Å². The third-order valence-corrected chi connectivity index (χ3v) is 5.41. The molecule has 0 radical (unpaired) electrons. The molecule has 12 heteroatoms. The Balaban J connectivity index is 1.67. The predicted molar refractivity (Wildman–Crippen MR) is 107 cm³/mol. The zero-order valence-corrected chi connectivity index (χ0v) is 16.8. The zero-order valence-electron chi connectivity index (χ0n) is 16.8. The predicted octanol–water partition coefficient (Wildman–Crippen LogP) is -1.21. The summed E-state index contributed by atoms with van der Waals surface area (Å²) in [6, 6.07) is 0. The van der Waals surface area contributed by atoms with Crippen molar-refractivity contribution in [1.29, 1.82) is 0 Å². The number of hydrogen-bond donors (Lipinski definition) is 5. The number of fused-ring (bicyclic) bond motifs is 1. The number of anilines is 1. The minimum atomic E-state index is -1.18. The molecular formula is C18H29N7O5. The highest BCUT2D eigenvalue weighted by atomic mass is 16.6. The van der Waals surface area contributed by atoms with Crippen LogP contribution in [-0.2, 0) is 9.53 Å². The number of aliphatic hydroxyl groups excluding tert-OH is 2. The maximum Gasteiger partial charge on any atom is 0.306 e. The molecule has 1 aliphatic rings. The fourth-order valence-electron chi connectivity index (χ4n) is 3.64. The van der Waals surface area contributed by atoms with Gasteiger partial charge in [-0.15, -0.1) is 0 Å². The summed E-state index contributed by atoms with van der Waals surface area (Å²) in [5.41, 5.74) is 12.3. The topological polar surface area (TPSA) is 186 Å². The Labute approximate surface area is 173 Å². The van der Waals surface area contributed by atoms with Crippen molar-refractivity contribution >= 4 is 23.0 Å². The lowest BCUT2D eigenvalue weighted by atomic mass is 10.1. The number of nitrogens with zero attached hydrogens (tertiary/aromatic N) is 5. The molecule has 166 valence electrons. The molecule has 3 rings (SSSR count). The SMILES string of the molecule is CC(CCCN(CCN)C[C@H]1O[C@@H](n2cnc3c(N)ncnc32)[C@H](O)[C@@H]1O)C(=O)O. The van der Waals surface area contributed by atoms with E-state index in [2.05, 4.69) is 15.0 Å². The van der Waals surface area contributed by atoms with E-state index >= 15 is 0 Å². The van der Waals surface area contributed by atoms with Crippen molar-refractivity contribution in [2.75, 3.05) is 31.9 Å². The van der Waals surface area contributed by atoms with Crippen molar-refractivity contribution in [3.8, 4) is 0 Å². The van der Waals surface area contributed by atoms with E-state index in [4.69, 9.17) is 21.3 Å². The molecule has 3 heterocycles. The van der Waals surface area contributed by atoms with Crippen LogP contribution in [0, 0.1) is 5.92 Å². The van der Waals surface area contributed by atoms with Gasteiger partial charge in [0, 0.05) is 19.6 Å². The standard InChI is InChI=1S/C18H29N7O5/c1-10(18(28)29)3-2-5-24(6-4-19)7-11-13(26)14(27)17(30-11)25-9-23-12-15(20)21-8-22-16(12)25/h8-11,13-14,17,26-27H,2-7,19H2,1H3,(H,28,29)(H2,20,21,22)/t10?,11-,13-,14-,17-/m1/s1. The fraction of sp³-hybridized carbons (Fsp3) is 0.667. The van der Waals surface area contributed by atoms with Crippen LogP contribution in [0.5, 0.6) is 0 Å². The van der Waals surface area contributed by atoms with Gasteiger partial charge < -0.3 is 31.5 Å². The number of nitrogens with two attached hydrogens (primary N) is 2. The van der Waals surface area contributed by atoms with Crippen molar-refractivity contribution in [2.45, 2.75) is 44.3 Å². The number of aliphatic carboxylic acids is 1. The van der Waals surface area contributed by atoms with E-state index in [9.17, 15) is 15.0 Å². The molecule has 0 saturated carbocycles. The average molecular weight is 423 g/mol. The van der Waals surface area contributed by atoms with Crippen LogP contribution in [0.1, 0.15) is 26.0 Å². The minimum absolute atomic E-state index is 0.216. The number of carbonyl (C=O) groups is 1. The van der Waals surface area contributed by atoms with Gasteiger partial charge in [0.1, 0.15) is 30.2 Å². The lowest BCUT2D eigenvalue weighted by Crippen LogP contribution is -2.42. The van der Waals surface area contributed by atoms with Crippen LogP contribution >= 0.6 is 0 Å². The molecule has 1 saturated heterocycles. The zero-order chi connectivity index (χ0) is 21.8. The highest BCUT2D eigenvalue weighted by molar-refractivity contribution is 5.81. The van der Waals surface area contributed by atoms with Gasteiger partial charge in [0.25, 0.3) is 0 Å². The maximum atomic E-state index is 11.0. The van der Waals surface area contributed by atoms with Crippen molar-refractivity contribution < 1.29 is 24.9 Å². The third-order valence-electron chi connectivity index (χ3n) is 5.41. The van der Waals surface area contributed by atoms with Gasteiger partial charge in [-0.05, 0) is 19.4 Å². The first-order valence-corrected chi connectivity index (χ1v) is 9.93. The lowest BCUT2D eigenvalue weighted by Gasteiger charge is -2.26. The minimum Gasteiger partial charge on any atom is -0.481 e. The van der Waals surface area contributed by atoms with Gasteiger partial charge >= 0.3 is 5.97 Å². The highest BCUT2D eigenvalue weighted by Gasteiger charge is 2.44. The summed E-state index contributed by atoms with van der Waals surface area (Å²) in [4.78, 5) is 25.2. The Morgan fingerprint density at radius 1 is 1.30 bits per heavy atom. The normalized spacial score (nSPS) is 25.2. The molecular weight excluding hydrogens is 394 g/mol. The van der Waals surface area contributed by atoms with Crippen LogP contribution in [0.25, 0.3) is 11.2 Å². The number of rotatable bonds is 10. The molecule has 0 bridgehead atoms. The molecule has 30 heavy (non-hydrogen) atoms. The summed E-state index contributed by atoms with van der Waals surface area (Å²) in [5.74, 6) is -1.03. The van der Waals surface area contributed by atoms with Gasteiger partial charge in [0.2, 0.25) is 0 Å². The van der Waals surface area contributed by atoms with Crippen LogP contribution in [0.2, 0.25) is 0 Å². The summed E-state index contributed by atoms with van der Waals surface area (Å²) in [7, 11) is 0. The van der Waals surface area contributed by atoms with Gasteiger partial charge in [0.05, 0.1) is 12.2 Å². The summed E-state index contributed by atoms with van der Waals surface area (Å²) < 4.78 is 7.50. The molecule has 5 atom stereocenters. The van der Waals surface area contributed by atoms with Crippen LogP contribution < -0.4 is 11.5 Å². The first kappa shape index (κ1) is 22.3. The number of nitrogen functional groups attached to an aromatic ring is 1. The van der Waals surface area contributed by atoms with E-state index in [1.54, 1.807) is 6.92 Å². The molecule has 1 fully saturated rings. The van der Waals surface area contributed by atoms with E-state index in [-0.39, 0.29) is 5.82 Å². The Morgan fingerprint density at radius 2 is 2.07 bits per heavy atom. The summed E-state index contributed by atoms with van der Waals surface area (Å²) >= 11 is 0. The van der Waals surface area contributed by atoms with E-state index in [1.165, 1.54) is 17.2 Å². The van der Waals surface area contributed by atoms with Crippen LogP contribution in [-0.4, -0.2) is 90.2 Å². The quantitative estimate of drug-likeness (QED) is 0.308. The smallest absolute Gasteiger partial charge is 0.306 e. The van der Waals surface area contributed by atoms with Crippen molar-refractivity contribution in [3.63, 3.8) is 0 Å². The molecule has 2 aromatic rings. The van der Waals surface area contributed by atoms with Gasteiger partial charge in [-0.1, -0.05) is 6.92 Å². The second kappa shape index (κ2) is 9.62. The Morgan fingerprint density at radius 3 is 2.77 bits per heavy atom. The molecule has 0 spiro atoms. The summed E-state index contributed by atoms with van der Waals surface area (Å²) in [6.45, 7) is 3.60. The second-order valence-corrected chi connectivity index (χ2v) is 7.60. The average Bonchev–Trinajstić information content (AvgIpc) is 3.25. The molecule has 0 aromatic carbocycles. The van der Waals surface area contributed by atoms with E-state index in [0.717, 1.165) is 0 Å². The highest BCUT2D eigenvalue weighted by Crippen LogP contribution is 2.32. The number of imidazole rings is 1. The summed E-state index contributed by atoms with van der Waals surface area (Å²) in [5, 5.41) is 30.1. The molecule has 0 aliphatic carbocycles. The van der Waals surface area contributed by atoms with Crippen LogP contribution in [0.3, 0.4) is 0 Å². The van der Waals surface area contributed by atoms with Gasteiger partial charge in [0.15, 0.2) is 17.7 Å². The molecule has 1 aliphatic heterocycles. The van der Waals surface area contributed by atoms with Crippen molar-refractivity contribution in [1.82, 2.24) is 24.4 Å². The van der Waals surface area contributed by atoms with E-state index < -0.39 is 36.4 Å². The first-order valence-electron chi connectivity index (χ1n) is 9.93. The maximum absolute atomic E-state index is 11.0. The number of aliphatic hydroxyl groups is 2. The number of hydrogen-bond acceptors (Lipinski definition) is 10. The molecule has 1 unspecified atom stereocenters.